The molecule has 2 saturated heterocycles. The second-order valence-corrected chi connectivity index (χ2v) is 8.78. The number of guanidine groups is 1. The van der Waals surface area contributed by atoms with Gasteiger partial charge in [0, 0.05) is 51.9 Å². The number of carbonyl (C=O) groups excluding carboxylic acids is 1. The second-order valence-electron chi connectivity index (χ2n) is 8.78. The minimum atomic E-state index is 0.232. The molecule has 2 fully saturated rings. The third kappa shape index (κ3) is 6.46. The molecule has 2 N–H and O–H groups in total. The number of hydrogen-bond donors (Lipinski definition) is 2. The van der Waals surface area contributed by atoms with Gasteiger partial charge in [-0.2, -0.15) is 0 Å². The number of amides is 1. The smallest absolute Gasteiger partial charge is 0.227 e. The Kier molecular flexibility index (Phi) is 7.92. The molecule has 3 rings (SSSR count). The van der Waals surface area contributed by atoms with Gasteiger partial charge in [0.1, 0.15) is 0 Å². The van der Waals surface area contributed by atoms with E-state index in [4.69, 9.17) is 0 Å². The van der Waals surface area contributed by atoms with E-state index in [1.807, 2.05) is 24.1 Å². The van der Waals surface area contributed by atoms with Gasteiger partial charge < -0.3 is 20.4 Å². The monoisotopic (exact) mass is 399 g/mol. The maximum atomic E-state index is 11.9. The van der Waals surface area contributed by atoms with Crippen LogP contribution < -0.4 is 15.5 Å². The fourth-order valence-corrected chi connectivity index (χ4v) is 4.36. The van der Waals surface area contributed by atoms with Gasteiger partial charge in [0.25, 0.3) is 0 Å². The van der Waals surface area contributed by atoms with E-state index >= 15 is 0 Å². The lowest BCUT2D eigenvalue weighted by Crippen LogP contribution is -2.44. The summed E-state index contributed by atoms with van der Waals surface area (Å²) in [5.41, 5.74) is 2.19. The molecule has 1 amide bonds. The van der Waals surface area contributed by atoms with E-state index in [9.17, 15) is 4.79 Å². The molecule has 0 aromatic heterocycles. The molecule has 6 heteroatoms. The number of rotatable bonds is 7. The van der Waals surface area contributed by atoms with E-state index in [0.717, 1.165) is 43.6 Å². The fraction of sp³-hybridized carbons (Fsp3) is 0.652. The summed E-state index contributed by atoms with van der Waals surface area (Å²) in [7, 11) is 1.82. The van der Waals surface area contributed by atoms with E-state index in [-0.39, 0.29) is 5.91 Å². The normalized spacial score (nSPS) is 21.1. The van der Waals surface area contributed by atoms with Gasteiger partial charge in [0.2, 0.25) is 5.91 Å². The van der Waals surface area contributed by atoms with Crippen LogP contribution in [0.25, 0.3) is 0 Å². The molecule has 2 aliphatic rings. The zero-order valence-electron chi connectivity index (χ0n) is 18.3. The quantitative estimate of drug-likeness (QED) is 0.547. The lowest BCUT2D eigenvalue weighted by molar-refractivity contribution is -0.117. The number of carbonyl (C=O) groups is 1. The van der Waals surface area contributed by atoms with Crippen molar-refractivity contribution in [3.8, 4) is 0 Å². The highest BCUT2D eigenvalue weighted by Crippen LogP contribution is 2.21. The van der Waals surface area contributed by atoms with Crippen molar-refractivity contribution in [2.45, 2.75) is 46.1 Å². The van der Waals surface area contributed by atoms with E-state index in [1.165, 1.54) is 38.0 Å². The first-order chi connectivity index (χ1) is 14.0. The molecule has 0 radical (unpaired) electrons. The first kappa shape index (κ1) is 21.6. The summed E-state index contributed by atoms with van der Waals surface area (Å²) >= 11 is 0. The standard InChI is InChI=1S/C23H37N5O/c1-18(2)16-27-12-4-6-20(17-27)15-26-23(24-3)25-14-19-8-10-21(11-9-19)28-13-5-7-22(28)29/h8-11,18,20H,4-7,12-17H2,1-3H3,(H2,24,25,26). The molecular weight excluding hydrogens is 362 g/mol. The predicted octanol–water partition coefficient (Wildman–Crippen LogP) is 2.85. The van der Waals surface area contributed by atoms with Gasteiger partial charge in [-0.25, -0.2) is 0 Å². The highest BCUT2D eigenvalue weighted by atomic mass is 16.2. The molecule has 1 aromatic carbocycles. The molecule has 2 aliphatic heterocycles. The van der Waals surface area contributed by atoms with Gasteiger partial charge in [-0.15, -0.1) is 0 Å². The van der Waals surface area contributed by atoms with Crippen molar-refractivity contribution in [1.29, 1.82) is 0 Å². The molecular formula is C23H37N5O. The van der Waals surface area contributed by atoms with Crippen LogP contribution >= 0.6 is 0 Å². The molecule has 1 atom stereocenters. The third-order valence-electron chi connectivity index (χ3n) is 5.79. The lowest BCUT2D eigenvalue weighted by atomic mass is 9.97. The first-order valence-electron chi connectivity index (χ1n) is 11.1. The van der Waals surface area contributed by atoms with Crippen LogP contribution in [0, 0.1) is 11.8 Å². The number of anilines is 1. The minimum Gasteiger partial charge on any atom is -0.356 e. The van der Waals surface area contributed by atoms with E-state index in [1.54, 1.807) is 0 Å². The van der Waals surface area contributed by atoms with Crippen LogP contribution in [0.1, 0.15) is 45.1 Å². The molecule has 2 heterocycles. The van der Waals surface area contributed by atoms with E-state index in [0.29, 0.717) is 12.3 Å². The zero-order chi connectivity index (χ0) is 20.6. The summed E-state index contributed by atoms with van der Waals surface area (Å²) in [5, 5.41) is 6.92. The van der Waals surface area contributed by atoms with Gasteiger partial charge in [0.05, 0.1) is 0 Å². The molecule has 1 unspecified atom stereocenters. The maximum absolute atomic E-state index is 11.9. The number of aliphatic imine (C=N–C) groups is 1. The van der Waals surface area contributed by atoms with Gasteiger partial charge >= 0.3 is 0 Å². The summed E-state index contributed by atoms with van der Waals surface area (Å²) in [6.45, 7) is 10.7. The van der Waals surface area contributed by atoms with E-state index in [2.05, 4.69) is 46.5 Å². The van der Waals surface area contributed by atoms with Gasteiger partial charge in [0.15, 0.2) is 5.96 Å². The van der Waals surface area contributed by atoms with Crippen LogP contribution in [0.5, 0.6) is 0 Å². The summed E-state index contributed by atoms with van der Waals surface area (Å²) in [5.74, 6) is 2.49. The highest BCUT2D eigenvalue weighted by Gasteiger charge is 2.22. The second kappa shape index (κ2) is 10.6. The first-order valence-corrected chi connectivity index (χ1v) is 11.1. The van der Waals surface area contributed by atoms with Gasteiger partial charge in [-0.1, -0.05) is 26.0 Å². The number of likely N-dealkylation sites (tertiary alicyclic amines) is 1. The summed E-state index contributed by atoms with van der Waals surface area (Å²) in [6, 6.07) is 8.27. The molecule has 0 bridgehead atoms. The van der Waals surface area contributed by atoms with Gasteiger partial charge in [-0.05, 0) is 55.3 Å². The van der Waals surface area contributed by atoms with Crippen molar-refractivity contribution in [1.82, 2.24) is 15.5 Å². The Morgan fingerprint density at radius 1 is 1.17 bits per heavy atom. The van der Waals surface area contributed by atoms with Crippen LogP contribution in [-0.4, -0.2) is 56.5 Å². The molecule has 6 nitrogen and oxygen atoms in total. The average molecular weight is 400 g/mol. The molecule has 29 heavy (non-hydrogen) atoms. The maximum Gasteiger partial charge on any atom is 0.227 e. The molecule has 0 saturated carbocycles. The SMILES string of the molecule is CN=C(NCc1ccc(N2CCCC2=O)cc1)NCC1CCCN(CC(C)C)C1. The zero-order valence-corrected chi connectivity index (χ0v) is 18.3. The van der Waals surface area contributed by atoms with Crippen LogP contribution in [0.2, 0.25) is 0 Å². The molecule has 0 spiro atoms. The number of benzene rings is 1. The topological polar surface area (TPSA) is 60.0 Å². The van der Waals surface area contributed by atoms with Crippen LogP contribution in [-0.2, 0) is 11.3 Å². The molecule has 1 aromatic rings. The van der Waals surface area contributed by atoms with Gasteiger partial charge in [-0.3, -0.25) is 9.79 Å². The molecule has 0 aliphatic carbocycles. The highest BCUT2D eigenvalue weighted by molar-refractivity contribution is 5.95. The number of hydrogen-bond acceptors (Lipinski definition) is 3. The Morgan fingerprint density at radius 3 is 2.62 bits per heavy atom. The molecule has 160 valence electrons. The van der Waals surface area contributed by atoms with Crippen LogP contribution in [0.3, 0.4) is 0 Å². The Morgan fingerprint density at radius 2 is 1.97 bits per heavy atom. The number of piperidine rings is 1. The van der Waals surface area contributed by atoms with Crippen molar-refractivity contribution >= 4 is 17.6 Å². The van der Waals surface area contributed by atoms with Crippen molar-refractivity contribution in [2.24, 2.45) is 16.8 Å². The fourth-order valence-electron chi connectivity index (χ4n) is 4.36. The Labute approximate surface area is 175 Å². The van der Waals surface area contributed by atoms with Crippen molar-refractivity contribution in [3.05, 3.63) is 29.8 Å². The average Bonchev–Trinajstić information content (AvgIpc) is 3.14. The largest absolute Gasteiger partial charge is 0.356 e. The predicted molar refractivity (Wildman–Crippen MR) is 120 cm³/mol. The minimum absolute atomic E-state index is 0.232. The van der Waals surface area contributed by atoms with Crippen LogP contribution in [0.15, 0.2) is 29.3 Å². The Bertz CT molecular complexity index is 685. The summed E-state index contributed by atoms with van der Waals surface area (Å²) in [6.07, 6.45) is 4.20. The van der Waals surface area contributed by atoms with Crippen molar-refractivity contribution < 1.29 is 4.79 Å². The summed E-state index contributed by atoms with van der Waals surface area (Å²) in [4.78, 5) is 20.7. The van der Waals surface area contributed by atoms with Crippen molar-refractivity contribution in [2.75, 3.05) is 44.7 Å². The van der Waals surface area contributed by atoms with Crippen LogP contribution in [0.4, 0.5) is 5.69 Å². The lowest BCUT2D eigenvalue weighted by Gasteiger charge is -2.34. The van der Waals surface area contributed by atoms with E-state index < -0.39 is 0 Å². The third-order valence-corrected chi connectivity index (χ3v) is 5.79. The number of nitrogens with zero attached hydrogens (tertiary/aromatic N) is 3. The Hall–Kier alpha value is -2.08. The Balaban J connectivity index is 1.42. The number of nitrogens with one attached hydrogen (secondary N) is 2. The van der Waals surface area contributed by atoms with Crippen molar-refractivity contribution in [3.63, 3.8) is 0 Å². The summed E-state index contributed by atoms with van der Waals surface area (Å²) < 4.78 is 0.